The Labute approximate surface area is 120 Å². The number of aromatic nitrogens is 2. The van der Waals surface area contributed by atoms with Gasteiger partial charge in [-0.05, 0) is 19.9 Å². The molecule has 0 bridgehead atoms. The molecule has 1 fully saturated rings. The zero-order chi connectivity index (χ0) is 15.8. The average Bonchev–Trinajstić information content (AvgIpc) is 2.61. The van der Waals surface area contributed by atoms with Crippen LogP contribution in [0.3, 0.4) is 0 Å². The first-order valence-electron chi connectivity index (χ1n) is 6.29. The molecule has 2 heterocycles. The second-order valence-corrected chi connectivity index (χ2v) is 4.91. The molecule has 1 aromatic heterocycles. The van der Waals surface area contributed by atoms with E-state index in [0.29, 0.717) is 0 Å². The lowest BCUT2D eigenvalue weighted by atomic mass is 9.87. The van der Waals surface area contributed by atoms with Crippen LogP contribution in [0, 0.1) is 11.8 Å². The van der Waals surface area contributed by atoms with Crippen molar-refractivity contribution in [2.24, 2.45) is 0 Å². The molecule has 0 aromatic carbocycles. The number of hydrogen-bond donors (Lipinski definition) is 4. The maximum Gasteiger partial charge on any atom is 0.351 e. The summed E-state index contributed by atoms with van der Waals surface area (Å²) in [7, 11) is 0. The fourth-order valence-electron chi connectivity index (χ4n) is 2.49. The van der Waals surface area contributed by atoms with Gasteiger partial charge in [0, 0.05) is 6.20 Å². The van der Waals surface area contributed by atoms with Gasteiger partial charge in [0.15, 0.2) is 5.72 Å². The Hall–Kier alpha value is -1.92. The van der Waals surface area contributed by atoms with Crippen molar-refractivity contribution in [3.63, 3.8) is 0 Å². The molecule has 0 saturated carbocycles. The fraction of sp³-hybridized carbons (Fsp3) is 0.538. The first kappa shape index (κ1) is 15.5. The summed E-state index contributed by atoms with van der Waals surface area (Å²) in [5.41, 5.74) is 0.859. The van der Waals surface area contributed by atoms with E-state index < -0.39 is 35.8 Å². The van der Waals surface area contributed by atoms with E-state index >= 15 is 0 Å². The van der Waals surface area contributed by atoms with Crippen LogP contribution in [0.5, 0.6) is 0 Å². The highest BCUT2D eigenvalue weighted by molar-refractivity contribution is 5.28. The van der Waals surface area contributed by atoms with Crippen LogP contribution >= 0.6 is 0 Å². The van der Waals surface area contributed by atoms with E-state index in [0.717, 1.165) is 4.57 Å². The molecular weight excluding hydrogens is 278 g/mol. The van der Waals surface area contributed by atoms with E-state index in [1.807, 2.05) is 0 Å². The molecular formula is C13H17N3O5. The van der Waals surface area contributed by atoms with Gasteiger partial charge in [0.25, 0.3) is 0 Å². The summed E-state index contributed by atoms with van der Waals surface area (Å²) in [5, 5.41) is 30.2. The predicted octanol–water partition coefficient (Wildman–Crippen LogP) is -2.00. The summed E-state index contributed by atoms with van der Waals surface area (Å²) in [4.78, 5) is 15.6. The Kier molecular flexibility index (Phi) is 3.78. The van der Waals surface area contributed by atoms with Gasteiger partial charge in [-0.25, -0.2) is 4.79 Å². The van der Waals surface area contributed by atoms with Crippen molar-refractivity contribution in [2.45, 2.75) is 37.4 Å². The number of anilines is 1. The third kappa shape index (κ3) is 2.11. The standard InChI is InChI=1S/C13H17N3O5/c1-3-5-13(20)10(18)8(7-17)21-12(13,2)16-6-4-9(14)15-11(16)19/h4,6,8,10,17-18,20H,7H2,1-2H3,(H2,14,15,19)/t8-,10-,12-,13-/m1/s1. The molecule has 1 aliphatic heterocycles. The van der Waals surface area contributed by atoms with Gasteiger partial charge in [-0.2, -0.15) is 4.98 Å². The molecule has 21 heavy (non-hydrogen) atoms. The van der Waals surface area contributed by atoms with Crippen molar-refractivity contribution in [3.8, 4) is 11.8 Å². The number of aliphatic hydroxyl groups excluding tert-OH is 2. The Morgan fingerprint density at radius 1 is 1.62 bits per heavy atom. The van der Waals surface area contributed by atoms with E-state index in [1.54, 1.807) is 0 Å². The number of nitrogens with two attached hydrogens (primary N) is 1. The minimum atomic E-state index is -2.09. The summed E-state index contributed by atoms with van der Waals surface area (Å²) in [5.74, 6) is 4.98. The van der Waals surface area contributed by atoms with Crippen molar-refractivity contribution in [1.29, 1.82) is 0 Å². The van der Waals surface area contributed by atoms with Gasteiger partial charge in [0.2, 0.25) is 5.60 Å². The monoisotopic (exact) mass is 295 g/mol. The second-order valence-electron chi connectivity index (χ2n) is 4.91. The number of rotatable bonds is 2. The predicted molar refractivity (Wildman–Crippen MR) is 72.9 cm³/mol. The number of hydrogen-bond acceptors (Lipinski definition) is 7. The summed E-state index contributed by atoms with van der Waals surface area (Å²) in [6.07, 6.45) is -1.30. The summed E-state index contributed by atoms with van der Waals surface area (Å²) in [6.45, 7) is 2.32. The van der Waals surface area contributed by atoms with E-state index in [4.69, 9.17) is 10.5 Å². The highest BCUT2D eigenvalue weighted by Gasteiger charge is 2.63. The van der Waals surface area contributed by atoms with Gasteiger partial charge in [-0.3, -0.25) is 4.57 Å². The van der Waals surface area contributed by atoms with Crippen LogP contribution in [0.1, 0.15) is 13.8 Å². The lowest BCUT2D eigenvalue weighted by Crippen LogP contribution is -2.58. The molecule has 8 nitrogen and oxygen atoms in total. The van der Waals surface area contributed by atoms with Crippen molar-refractivity contribution < 1.29 is 20.1 Å². The Morgan fingerprint density at radius 3 is 2.81 bits per heavy atom. The van der Waals surface area contributed by atoms with Gasteiger partial charge in [0.05, 0.1) is 6.61 Å². The molecule has 1 aromatic rings. The molecule has 0 amide bonds. The highest BCUT2D eigenvalue weighted by Crippen LogP contribution is 2.42. The quantitative estimate of drug-likeness (QED) is 0.464. The first-order chi connectivity index (χ1) is 9.80. The summed E-state index contributed by atoms with van der Waals surface area (Å²) >= 11 is 0. The van der Waals surface area contributed by atoms with Gasteiger partial charge < -0.3 is 25.8 Å². The minimum absolute atomic E-state index is 0.0159. The fourth-order valence-corrected chi connectivity index (χ4v) is 2.49. The van der Waals surface area contributed by atoms with Crippen LogP contribution in [0.2, 0.25) is 0 Å². The molecule has 8 heteroatoms. The molecule has 5 N–H and O–H groups in total. The lowest BCUT2D eigenvalue weighted by Gasteiger charge is -2.36. The molecule has 0 spiro atoms. The van der Waals surface area contributed by atoms with Crippen LogP contribution in [0.25, 0.3) is 0 Å². The molecule has 114 valence electrons. The number of ether oxygens (including phenoxy) is 1. The summed E-state index contributed by atoms with van der Waals surface area (Å²) in [6, 6.07) is 1.36. The first-order valence-corrected chi connectivity index (χ1v) is 6.29. The second kappa shape index (κ2) is 5.13. The SMILES string of the molecule is CC#C[C@@]1(O)[C@H](O)[C@@H](CO)O[C@@]1(C)n1ccc(N)nc1=O. The van der Waals surface area contributed by atoms with E-state index in [9.17, 15) is 20.1 Å². The van der Waals surface area contributed by atoms with Crippen LogP contribution < -0.4 is 11.4 Å². The molecule has 0 unspecified atom stereocenters. The zero-order valence-corrected chi connectivity index (χ0v) is 11.6. The zero-order valence-electron chi connectivity index (χ0n) is 11.6. The van der Waals surface area contributed by atoms with Crippen LogP contribution in [0.4, 0.5) is 5.82 Å². The Balaban J connectivity index is 2.66. The third-order valence-electron chi connectivity index (χ3n) is 3.65. The van der Waals surface area contributed by atoms with Gasteiger partial charge in [0.1, 0.15) is 18.0 Å². The van der Waals surface area contributed by atoms with Crippen molar-refractivity contribution in [1.82, 2.24) is 9.55 Å². The van der Waals surface area contributed by atoms with Crippen molar-refractivity contribution >= 4 is 5.82 Å². The van der Waals surface area contributed by atoms with E-state index in [1.165, 1.54) is 26.1 Å². The lowest BCUT2D eigenvalue weighted by molar-refractivity contribution is -0.161. The van der Waals surface area contributed by atoms with Crippen molar-refractivity contribution in [2.75, 3.05) is 12.3 Å². The van der Waals surface area contributed by atoms with E-state index in [-0.39, 0.29) is 5.82 Å². The average molecular weight is 295 g/mol. The van der Waals surface area contributed by atoms with Gasteiger partial charge >= 0.3 is 5.69 Å². The van der Waals surface area contributed by atoms with Crippen molar-refractivity contribution in [3.05, 3.63) is 22.7 Å². The van der Waals surface area contributed by atoms with Crippen LogP contribution in [-0.2, 0) is 10.5 Å². The maximum absolute atomic E-state index is 12.0. The Morgan fingerprint density at radius 2 is 2.29 bits per heavy atom. The Bertz CT molecular complexity index is 664. The molecule has 1 aliphatic rings. The third-order valence-corrected chi connectivity index (χ3v) is 3.65. The maximum atomic E-state index is 12.0. The largest absolute Gasteiger partial charge is 0.394 e. The highest BCUT2D eigenvalue weighted by atomic mass is 16.6. The number of nitrogens with zero attached hydrogens (tertiary/aromatic N) is 2. The smallest absolute Gasteiger partial charge is 0.351 e. The molecule has 0 radical (unpaired) electrons. The number of nitrogen functional groups attached to an aromatic ring is 1. The molecule has 0 aliphatic carbocycles. The van der Waals surface area contributed by atoms with Gasteiger partial charge in [-0.1, -0.05) is 5.92 Å². The molecule has 2 rings (SSSR count). The van der Waals surface area contributed by atoms with E-state index in [2.05, 4.69) is 16.8 Å². The topological polar surface area (TPSA) is 131 Å². The van der Waals surface area contributed by atoms with Gasteiger partial charge in [-0.15, -0.1) is 5.92 Å². The summed E-state index contributed by atoms with van der Waals surface area (Å²) < 4.78 is 6.51. The minimum Gasteiger partial charge on any atom is -0.394 e. The van der Waals surface area contributed by atoms with Crippen LogP contribution in [-0.4, -0.2) is 49.3 Å². The van der Waals surface area contributed by atoms with Crippen LogP contribution in [0.15, 0.2) is 17.1 Å². The molecule has 1 saturated heterocycles. The number of aliphatic hydroxyl groups is 3. The molecule has 4 atom stereocenters. The normalized spacial score (nSPS) is 35.3.